The zero-order valence-electron chi connectivity index (χ0n) is 20.1. The molecule has 4 rings (SSSR count). The monoisotopic (exact) mass is 473 g/mol. The zero-order valence-corrected chi connectivity index (χ0v) is 20.1. The van der Waals surface area contributed by atoms with Crippen molar-refractivity contribution in [3.8, 4) is 5.75 Å². The molecule has 0 saturated carbocycles. The average Bonchev–Trinajstić information content (AvgIpc) is 3.02. The van der Waals surface area contributed by atoms with Crippen LogP contribution in [0.25, 0.3) is 11.8 Å². The molecule has 1 unspecified atom stereocenters. The number of anilines is 2. The lowest BCUT2D eigenvalue weighted by Crippen LogP contribution is -2.26. The van der Waals surface area contributed by atoms with Gasteiger partial charge in [-0.2, -0.15) is 0 Å². The third-order valence-corrected chi connectivity index (χ3v) is 5.92. The number of hydrogen-bond acceptors (Lipinski definition) is 5. The minimum Gasteiger partial charge on any atom is -0.496 e. The number of hydrogen-bond donors (Lipinski definition) is 1. The van der Waals surface area contributed by atoms with Crippen LogP contribution in [-0.2, 0) is 20.7 Å². The van der Waals surface area contributed by atoms with Gasteiger partial charge in [-0.3, -0.25) is 0 Å². The van der Waals surface area contributed by atoms with Gasteiger partial charge in [-0.1, -0.05) is 49.4 Å². The van der Waals surface area contributed by atoms with Crippen LogP contribution in [0.5, 0.6) is 5.75 Å². The third-order valence-electron chi connectivity index (χ3n) is 5.92. The van der Waals surface area contributed by atoms with Gasteiger partial charge in [-0.15, -0.1) is 0 Å². The Bertz CT molecular complexity index is 1170. The van der Waals surface area contributed by atoms with Crippen LogP contribution in [-0.4, -0.2) is 44.0 Å². The minimum absolute atomic E-state index is 0.325. The molecule has 3 aromatic rings. The maximum absolute atomic E-state index is 11.4. The number of carboxylic acid groups (broad SMARTS) is 1. The van der Waals surface area contributed by atoms with Crippen molar-refractivity contribution in [1.82, 2.24) is 0 Å². The molecule has 1 N–H and O–H groups in total. The van der Waals surface area contributed by atoms with Crippen molar-refractivity contribution in [3.05, 3.63) is 89.5 Å². The highest BCUT2D eigenvalue weighted by Gasteiger charge is 2.22. The molecule has 0 radical (unpaired) electrons. The lowest BCUT2D eigenvalue weighted by molar-refractivity contribution is -0.150. The number of benzene rings is 3. The fourth-order valence-electron chi connectivity index (χ4n) is 4.20. The van der Waals surface area contributed by atoms with Crippen molar-refractivity contribution in [2.75, 3.05) is 31.8 Å². The van der Waals surface area contributed by atoms with Crippen molar-refractivity contribution in [2.45, 2.75) is 25.9 Å². The molecule has 0 aliphatic carbocycles. The Morgan fingerprint density at radius 3 is 2.37 bits per heavy atom. The van der Waals surface area contributed by atoms with Crippen LogP contribution in [0.2, 0.25) is 0 Å². The first kappa shape index (κ1) is 24.4. The van der Waals surface area contributed by atoms with Gasteiger partial charge in [-0.25, -0.2) is 4.79 Å². The predicted octanol–water partition coefficient (Wildman–Crippen LogP) is 5.78. The highest BCUT2D eigenvalue weighted by molar-refractivity contribution is 5.92. The Balaban J connectivity index is 1.45. The van der Waals surface area contributed by atoms with E-state index in [4.69, 9.17) is 14.2 Å². The summed E-state index contributed by atoms with van der Waals surface area (Å²) in [6.45, 7) is 3.51. The summed E-state index contributed by atoms with van der Waals surface area (Å²) in [6.07, 6.45) is 2.34. The molecule has 182 valence electrons. The number of aliphatic carboxylic acids is 1. The average molecular weight is 474 g/mol. The van der Waals surface area contributed by atoms with Gasteiger partial charge in [-0.05, 0) is 48.4 Å². The number of methoxy groups -OCH3 is 1. The first-order chi connectivity index (χ1) is 17.1. The van der Waals surface area contributed by atoms with Crippen LogP contribution in [0.3, 0.4) is 0 Å². The van der Waals surface area contributed by atoms with Gasteiger partial charge in [0.05, 0.1) is 19.3 Å². The molecule has 1 aliphatic heterocycles. The van der Waals surface area contributed by atoms with E-state index in [2.05, 4.69) is 35.2 Å². The van der Waals surface area contributed by atoms with E-state index in [0.717, 1.165) is 46.0 Å². The molecular weight excluding hydrogens is 442 g/mol. The minimum atomic E-state index is -0.942. The van der Waals surface area contributed by atoms with Gasteiger partial charge < -0.3 is 24.2 Å². The number of fused-ring (bicyclic) bond motifs is 2. The van der Waals surface area contributed by atoms with E-state index in [-0.39, 0.29) is 0 Å². The summed E-state index contributed by atoms with van der Waals surface area (Å²) in [7, 11) is 1.70. The SMILES string of the molecule is CCCOC(Cc1ccc(OCCN2c3ccccc3C=C(OC)c3ccccc32)cc1)C(=O)O. The lowest BCUT2D eigenvalue weighted by atomic mass is 10.1. The lowest BCUT2D eigenvalue weighted by Gasteiger charge is -2.27. The summed E-state index contributed by atoms with van der Waals surface area (Å²) < 4.78 is 17.2. The maximum atomic E-state index is 11.4. The maximum Gasteiger partial charge on any atom is 0.333 e. The molecule has 0 saturated heterocycles. The van der Waals surface area contributed by atoms with Crippen molar-refractivity contribution in [3.63, 3.8) is 0 Å². The van der Waals surface area contributed by atoms with Gasteiger partial charge in [0, 0.05) is 29.8 Å². The summed E-state index contributed by atoms with van der Waals surface area (Å²) in [5.74, 6) is 0.625. The normalized spacial score (nSPS) is 13.2. The van der Waals surface area contributed by atoms with E-state index >= 15 is 0 Å². The second-order valence-electron chi connectivity index (χ2n) is 8.33. The third kappa shape index (κ3) is 5.84. The summed E-state index contributed by atoms with van der Waals surface area (Å²) in [4.78, 5) is 13.7. The van der Waals surface area contributed by atoms with Crippen molar-refractivity contribution in [2.24, 2.45) is 0 Å². The molecule has 6 nitrogen and oxygen atoms in total. The quantitative estimate of drug-likeness (QED) is 0.381. The number of carboxylic acids is 1. The van der Waals surface area contributed by atoms with Gasteiger partial charge in [0.2, 0.25) is 0 Å². The molecule has 35 heavy (non-hydrogen) atoms. The van der Waals surface area contributed by atoms with E-state index in [1.54, 1.807) is 7.11 Å². The molecule has 1 heterocycles. The fraction of sp³-hybridized carbons (Fsp3) is 0.276. The molecule has 6 heteroatoms. The summed E-state index contributed by atoms with van der Waals surface area (Å²) in [5, 5.41) is 9.38. The second-order valence-corrected chi connectivity index (χ2v) is 8.33. The van der Waals surface area contributed by atoms with Crippen molar-refractivity contribution >= 4 is 29.2 Å². The highest BCUT2D eigenvalue weighted by Crippen LogP contribution is 2.39. The smallest absolute Gasteiger partial charge is 0.333 e. The van der Waals surface area contributed by atoms with Crippen molar-refractivity contribution in [1.29, 1.82) is 0 Å². The molecule has 1 atom stereocenters. The predicted molar refractivity (Wildman–Crippen MR) is 138 cm³/mol. The largest absolute Gasteiger partial charge is 0.496 e. The molecule has 3 aromatic carbocycles. The Labute approximate surface area is 206 Å². The van der Waals surface area contributed by atoms with Crippen LogP contribution in [0.1, 0.15) is 30.0 Å². The highest BCUT2D eigenvalue weighted by atomic mass is 16.5. The Kier molecular flexibility index (Phi) is 8.06. The van der Waals surface area contributed by atoms with Crippen molar-refractivity contribution < 1.29 is 24.1 Å². The Morgan fingerprint density at radius 1 is 0.943 bits per heavy atom. The zero-order chi connectivity index (χ0) is 24.6. The van der Waals surface area contributed by atoms with E-state index in [0.29, 0.717) is 26.2 Å². The topological polar surface area (TPSA) is 68.2 Å². The van der Waals surface area contributed by atoms with Crippen LogP contribution in [0, 0.1) is 0 Å². The molecule has 0 spiro atoms. The number of rotatable bonds is 11. The number of para-hydroxylation sites is 2. The molecular formula is C29H31NO5. The van der Waals surface area contributed by atoms with Crippen LogP contribution >= 0.6 is 0 Å². The summed E-state index contributed by atoms with van der Waals surface area (Å²) >= 11 is 0. The first-order valence-corrected chi connectivity index (χ1v) is 11.9. The van der Waals surface area contributed by atoms with Gasteiger partial charge in [0.1, 0.15) is 18.1 Å². The molecule has 0 bridgehead atoms. The Morgan fingerprint density at radius 2 is 1.66 bits per heavy atom. The second kappa shape index (κ2) is 11.6. The number of carbonyl (C=O) groups is 1. The van der Waals surface area contributed by atoms with Crippen LogP contribution in [0.4, 0.5) is 11.4 Å². The Hall–Kier alpha value is -3.77. The van der Waals surface area contributed by atoms with E-state index < -0.39 is 12.1 Å². The van der Waals surface area contributed by atoms with Gasteiger partial charge in [0.15, 0.2) is 6.10 Å². The van der Waals surface area contributed by atoms with E-state index in [9.17, 15) is 9.90 Å². The van der Waals surface area contributed by atoms with Gasteiger partial charge in [0.25, 0.3) is 0 Å². The number of nitrogens with zero attached hydrogens (tertiary/aromatic N) is 1. The fourth-order valence-corrected chi connectivity index (χ4v) is 4.20. The van der Waals surface area contributed by atoms with Crippen LogP contribution < -0.4 is 9.64 Å². The number of ether oxygens (including phenoxy) is 3. The summed E-state index contributed by atoms with van der Waals surface area (Å²) in [6, 6.07) is 24.0. The molecule has 0 fully saturated rings. The van der Waals surface area contributed by atoms with E-state index in [1.807, 2.05) is 55.5 Å². The van der Waals surface area contributed by atoms with Gasteiger partial charge >= 0.3 is 5.97 Å². The summed E-state index contributed by atoms with van der Waals surface area (Å²) in [5.41, 5.74) is 5.18. The van der Waals surface area contributed by atoms with Crippen LogP contribution in [0.15, 0.2) is 72.8 Å². The molecule has 0 amide bonds. The standard InChI is InChI=1S/C29H31NO5/c1-3-17-35-28(29(31)32)19-21-12-14-23(15-13-21)34-18-16-30-25-10-6-4-8-22(25)20-27(33-2)24-9-5-7-11-26(24)30/h4-15,20,28H,3,16-19H2,1-2H3,(H,31,32). The molecule has 1 aliphatic rings. The molecule has 0 aromatic heterocycles. The van der Waals surface area contributed by atoms with E-state index in [1.165, 1.54) is 0 Å². The first-order valence-electron chi connectivity index (χ1n) is 11.9.